The van der Waals surface area contributed by atoms with E-state index in [4.69, 9.17) is 5.73 Å². The number of hydrogen-bond acceptors (Lipinski definition) is 3. The summed E-state index contributed by atoms with van der Waals surface area (Å²) in [5.74, 6) is 0.146. The Morgan fingerprint density at radius 3 is 3.10 bits per heavy atom. The van der Waals surface area contributed by atoms with E-state index in [0.29, 0.717) is 12.6 Å². The van der Waals surface area contributed by atoms with Crippen LogP contribution in [0.2, 0.25) is 0 Å². The van der Waals surface area contributed by atoms with E-state index in [1.165, 1.54) is 0 Å². The fraction of sp³-hybridized carbons (Fsp3) is 0.400. The fourth-order valence-corrected chi connectivity index (χ4v) is 2.79. The monoisotopic (exact) mass is 272 g/mol. The summed E-state index contributed by atoms with van der Waals surface area (Å²) in [6, 6.07) is 8.08. The van der Waals surface area contributed by atoms with Crippen LogP contribution in [-0.4, -0.2) is 41.6 Å². The van der Waals surface area contributed by atoms with Crippen LogP contribution in [0, 0.1) is 0 Å². The Balaban J connectivity index is 1.77. The van der Waals surface area contributed by atoms with Gasteiger partial charge in [0.15, 0.2) is 0 Å². The molecule has 20 heavy (non-hydrogen) atoms. The first-order chi connectivity index (χ1) is 9.65. The van der Waals surface area contributed by atoms with Crippen LogP contribution in [0.5, 0.6) is 0 Å². The van der Waals surface area contributed by atoms with Gasteiger partial charge in [0.2, 0.25) is 5.91 Å². The Labute approximate surface area is 118 Å². The lowest BCUT2D eigenvalue weighted by molar-refractivity contribution is -0.132. The lowest BCUT2D eigenvalue weighted by Crippen LogP contribution is -2.40. The number of aromatic nitrogens is 1. The van der Waals surface area contributed by atoms with Crippen molar-refractivity contribution in [2.24, 2.45) is 0 Å². The van der Waals surface area contributed by atoms with Gasteiger partial charge in [-0.25, -0.2) is 0 Å². The van der Waals surface area contributed by atoms with Gasteiger partial charge in [-0.15, -0.1) is 0 Å². The van der Waals surface area contributed by atoms with E-state index < -0.39 is 0 Å². The molecule has 3 rings (SSSR count). The predicted octanol–water partition coefficient (Wildman–Crippen LogP) is 1.04. The van der Waals surface area contributed by atoms with Gasteiger partial charge in [0, 0.05) is 42.4 Å². The second-order valence-corrected chi connectivity index (χ2v) is 5.41. The van der Waals surface area contributed by atoms with Gasteiger partial charge in [0.05, 0.1) is 0 Å². The van der Waals surface area contributed by atoms with Crippen LogP contribution in [0.4, 0.5) is 5.69 Å². The maximum absolute atomic E-state index is 12.4. The molecule has 0 spiro atoms. The average molecular weight is 272 g/mol. The third-order valence-electron chi connectivity index (χ3n) is 4.08. The van der Waals surface area contributed by atoms with E-state index in [1.807, 2.05) is 47.0 Å². The highest BCUT2D eigenvalue weighted by molar-refractivity contribution is 5.85. The zero-order chi connectivity index (χ0) is 14.1. The number of nitrogens with two attached hydrogens (primary N) is 1. The van der Waals surface area contributed by atoms with Crippen LogP contribution in [0.15, 0.2) is 30.5 Å². The Morgan fingerprint density at radius 1 is 1.50 bits per heavy atom. The standard InChI is InChI=1S/C15H20N4O/c1-18(13-4-6-17-9-13)15(20)10-19-7-5-11-8-12(16)2-3-14(11)19/h2-3,5,7-8,13,17H,4,6,9-10,16H2,1H3. The summed E-state index contributed by atoms with van der Waals surface area (Å²) in [5, 5.41) is 4.36. The summed E-state index contributed by atoms with van der Waals surface area (Å²) >= 11 is 0. The molecule has 1 unspecified atom stereocenters. The molecule has 1 atom stereocenters. The first kappa shape index (κ1) is 13.0. The van der Waals surface area contributed by atoms with Crippen molar-refractivity contribution in [1.82, 2.24) is 14.8 Å². The van der Waals surface area contributed by atoms with Gasteiger partial charge < -0.3 is 20.5 Å². The lowest BCUT2D eigenvalue weighted by atomic mass is 10.2. The van der Waals surface area contributed by atoms with E-state index in [0.717, 1.165) is 36.1 Å². The molecule has 106 valence electrons. The van der Waals surface area contributed by atoms with Crippen molar-refractivity contribution >= 4 is 22.5 Å². The van der Waals surface area contributed by atoms with Crippen molar-refractivity contribution in [3.8, 4) is 0 Å². The Morgan fingerprint density at radius 2 is 2.35 bits per heavy atom. The van der Waals surface area contributed by atoms with Crippen molar-refractivity contribution in [3.05, 3.63) is 30.5 Å². The van der Waals surface area contributed by atoms with Gasteiger partial charge in [0.1, 0.15) is 6.54 Å². The maximum atomic E-state index is 12.4. The number of nitrogen functional groups attached to an aromatic ring is 1. The molecule has 1 aliphatic rings. The van der Waals surface area contributed by atoms with Crippen LogP contribution in [0.3, 0.4) is 0 Å². The number of benzene rings is 1. The summed E-state index contributed by atoms with van der Waals surface area (Å²) in [5.41, 5.74) is 7.57. The van der Waals surface area contributed by atoms with Crippen molar-refractivity contribution in [1.29, 1.82) is 0 Å². The molecule has 1 aromatic heterocycles. The van der Waals surface area contributed by atoms with Crippen molar-refractivity contribution in [3.63, 3.8) is 0 Å². The molecule has 5 heteroatoms. The third kappa shape index (κ3) is 2.36. The third-order valence-corrected chi connectivity index (χ3v) is 4.08. The summed E-state index contributed by atoms with van der Waals surface area (Å²) in [6.45, 7) is 2.26. The van der Waals surface area contributed by atoms with Crippen molar-refractivity contribution in [2.75, 3.05) is 25.9 Å². The molecule has 1 aliphatic heterocycles. The number of carbonyl (C=O) groups excluding carboxylic acids is 1. The molecule has 5 nitrogen and oxygen atoms in total. The van der Waals surface area contributed by atoms with E-state index in [-0.39, 0.29) is 5.91 Å². The Bertz CT molecular complexity index is 628. The second-order valence-electron chi connectivity index (χ2n) is 5.41. The average Bonchev–Trinajstić information content (AvgIpc) is 3.07. The van der Waals surface area contributed by atoms with Crippen molar-refractivity contribution < 1.29 is 4.79 Å². The normalized spacial score (nSPS) is 18.6. The molecular formula is C15H20N4O. The lowest BCUT2D eigenvalue weighted by Gasteiger charge is -2.24. The number of nitrogens with one attached hydrogen (secondary N) is 1. The Kier molecular flexibility index (Phi) is 3.36. The highest BCUT2D eigenvalue weighted by Gasteiger charge is 2.23. The summed E-state index contributed by atoms with van der Waals surface area (Å²) < 4.78 is 1.98. The Hall–Kier alpha value is -2.01. The number of rotatable bonds is 3. The van der Waals surface area contributed by atoms with E-state index in [2.05, 4.69) is 5.32 Å². The molecule has 0 bridgehead atoms. The summed E-state index contributed by atoms with van der Waals surface area (Å²) in [4.78, 5) is 14.2. The number of fused-ring (bicyclic) bond motifs is 1. The molecule has 0 saturated carbocycles. The van der Waals surface area contributed by atoms with Gasteiger partial charge >= 0.3 is 0 Å². The molecule has 1 fully saturated rings. The maximum Gasteiger partial charge on any atom is 0.242 e. The number of carbonyl (C=O) groups is 1. The summed E-state index contributed by atoms with van der Waals surface area (Å²) in [6.07, 6.45) is 2.98. The molecular weight excluding hydrogens is 252 g/mol. The van der Waals surface area contributed by atoms with Gasteiger partial charge in [-0.2, -0.15) is 0 Å². The second kappa shape index (κ2) is 5.17. The number of amides is 1. The SMILES string of the molecule is CN(C(=O)Cn1ccc2cc(N)ccc21)C1CCNC1. The molecule has 0 radical (unpaired) electrons. The van der Waals surface area contributed by atoms with E-state index in [9.17, 15) is 4.79 Å². The topological polar surface area (TPSA) is 63.3 Å². The van der Waals surface area contributed by atoms with Crippen LogP contribution in [0.25, 0.3) is 10.9 Å². The van der Waals surface area contributed by atoms with Gasteiger partial charge in [0.25, 0.3) is 0 Å². The zero-order valence-electron chi connectivity index (χ0n) is 11.7. The fourth-order valence-electron chi connectivity index (χ4n) is 2.79. The van der Waals surface area contributed by atoms with E-state index >= 15 is 0 Å². The first-order valence-corrected chi connectivity index (χ1v) is 6.96. The molecule has 0 aliphatic carbocycles. The van der Waals surface area contributed by atoms with Crippen LogP contribution >= 0.6 is 0 Å². The quantitative estimate of drug-likeness (QED) is 0.821. The summed E-state index contributed by atoms with van der Waals surface area (Å²) in [7, 11) is 1.89. The number of hydrogen-bond donors (Lipinski definition) is 2. The van der Waals surface area contributed by atoms with Gasteiger partial charge in [-0.1, -0.05) is 0 Å². The molecule has 2 heterocycles. The minimum absolute atomic E-state index is 0.146. The number of likely N-dealkylation sites (N-methyl/N-ethyl adjacent to an activating group) is 1. The first-order valence-electron chi connectivity index (χ1n) is 6.96. The molecule has 2 aromatic rings. The highest BCUT2D eigenvalue weighted by Crippen LogP contribution is 2.19. The van der Waals surface area contributed by atoms with Crippen LogP contribution in [-0.2, 0) is 11.3 Å². The van der Waals surface area contributed by atoms with Crippen LogP contribution < -0.4 is 11.1 Å². The molecule has 1 saturated heterocycles. The van der Waals surface area contributed by atoms with E-state index in [1.54, 1.807) is 0 Å². The highest BCUT2D eigenvalue weighted by atomic mass is 16.2. The van der Waals surface area contributed by atoms with Gasteiger partial charge in [-0.05, 0) is 37.2 Å². The molecule has 3 N–H and O–H groups in total. The predicted molar refractivity (Wildman–Crippen MR) is 80.4 cm³/mol. The minimum Gasteiger partial charge on any atom is -0.399 e. The minimum atomic E-state index is 0.146. The molecule has 1 amide bonds. The zero-order valence-corrected chi connectivity index (χ0v) is 11.7. The van der Waals surface area contributed by atoms with Gasteiger partial charge in [-0.3, -0.25) is 4.79 Å². The van der Waals surface area contributed by atoms with Crippen molar-refractivity contribution in [2.45, 2.75) is 19.0 Å². The molecule has 1 aromatic carbocycles. The largest absolute Gasteiger partial charge is 0.399 e. The number of nitrogens with zero attached hydrogens (tertiary/aromatic N) is 2. The van der Waals surface area contributed by atoms with Crippen LogP contribution in [0.1, 0.15) is 6.42 Å². The number of anilines is 1. The smallest absolute Gasteiger partial charge is 0.242 e.